The molecule has 3 aliphatic rings. The van der Waals surface area contributed by atoms with Crippen molar-refractivity contribution in [3.63, 3.8) is 0 Å². The highest BCUT2D eigenvalue weighted by Gasteiger charge is 2.42. The first-order valence-corrected chi connectivity index (χ1v) is 9.10. The third kappa shape index (κ3) is 3.27. The SMILES string of the molecule is CCCC1CCC(C#N)C(N2CCOC3CCCCC32)C1. The molecule has 1 heterocycles. The lowest BCUT2D eigenvalue weighted by molar-refractivity contribution is -0.114. The van der Waals surface area contributed by atoms with Gasteiger partial charge in [-0.3, -0.25) is 4.90 Å². The van der Waals surface area contributed by atoms with Gasteiger partial charge < -0.3 is 4.74 Å². The average molecular weight is 290 g/mol. The molecule has 0 aromatic carbocycles. The smallest absolute Gasteiger partial charge is 0.0731 e. The van der Waals surface area contributed by atoms with Crippen LogP contribution >= 0.6 is 0 Å². The number of nitrogens with zero attached hydrogens (tertiary/aromatic N) is 2. The summed E-state index contributed by atoms with van der Waals surface area (Å²) in [6, 6.07) is 3.71. The molecule has 5 atom stereocenters. The van der Waals surface area contributed by atoms with Crippen molar-refractivity contribution in [2.75, 3.05) is 13.2 Å². The van der Waals surface area contributed by atoms with E-state index in [4.69, 9.17) is 4.74 Å². The first-order valence-electron chi connectivity index (χ1n) is 9.10. The summed E-state index contributed by atoms with van der Waals surface area (Å²) in [5.74, 6) is 1.09. The molecule has 1 aliphatic heterocycles. The van der Waals surface area contributed by atoms with Gasteiger partial charge in [-0.1, -0.05) is 32.6 Å². The van der Waals surface area contributed by atoms with Gasteiger partial charge in [-0.05, 0) is 38.0 Å². The summed E-state index contributed by atoms with van der Waals surface area (Å²) in [7, 11) is 0. The van der Waals surface area contributed by atoms with E-state index in [1.54, 1.807) is 0 Å². The second kappa shape index (κ2) is 7.11. The van der Waals surface area contributed by atoms with Crippen molar-refractivity contribution < 1.29 is 4.74 Å². The molecule has 0 aromatic heterocycles. The summed E-state index contributed by atoms with van der Waals surface area (Å²) in [5.41, 5.74) is 0. The van der Waals surface area contributed by atoms with Gasteiger partial charge in [0.2, 0.25) is 0 Å². The molecule has 21 heavy (non-hydrogen) atoms. The lowest BCUT2D eigenvalue weighted by Crippen LogP contribution is -2.58. The fraction of sp³-hybridized carbons (Fsp3) is 0.944. The minimum atomic E-state index is 0.249. The van der Waals surface area contributed by atoms with Crippen LogP contribution in [0, 0.1) is 23.2 Å². The quantitative estimate of drug-likeness (QED) is 0.794. The lowest BCUT2D eigenvalue weighted by atomic mass is 9.75. The summed E-state index contributed by atoms with van der Waals surface area (Å²) < 4.78 is 6.02. The highest BCUT2D eigenvalue weighted by atomic mass is 16.5. The second-order valence-corrected chi connectivity index (χ2v) is 7.27. The van der Waals surface area contributed by atoms with Gasteiger partial charge in [0.25, 0.3) is 0 Å². The highest BCUT2D eigenvalue weighted by Crippen LogP contribution is 2.39. The lowest BCUT2D eigenvalue weighted by Gasteiger charge is -2.50. The van der Waals surface area contributed by atoms with Crippen molar-refractivity contribution in [2.45, 2.75) is 82.9 Å². The van der Waals surface area contributed by atoms with Crippen LogP contribution in [0.5, 0.6) is 0 Å². The summed E-state index contributed by atoms with van der Waals surface area (Å²) in [5, 5.41) is 9.60. The zero-order valence-corrected chi connectivity index (χ0v) is 13.5. The fourth-order valence-electron chi connectivity index (χ4n) is 4.96. The molecule has 1 saturated heterocycles. The Morgan fingerprint density at radius 3 is 2.81 bits per heavy atom. The molecule has 5 unspecified atom stereocenters. The summed E-state index contributed by atoms with van der Waals surface area (Å²) in [6.07, 6.45) is 11.8. The molecule has 2 aliphatic carbocycles. The van der Waals surface area contributed by atoms with Crippen LogP contribution in [0.15, 0.2) is 0 Å². The Bertz CT molecular complexity index is 376. The maximum absolute atomic E-state index is 9.60. The molecule has 0 N–H and O–H groups in total. The summed E-state index contributed by atoms with van der Waals surface area (Å²) in [4.78, 5) is 2.70. The predicted molar refractivity (Wildman–Crippen MR) is 83.8 cm³/mol. The minimum Gasteiger partial charge on any atom is -0.375 e. The topological polar surface area (TPSA) is 36.3 Å². The molecule has 3 nitrogen and oxygen atoms in total. The van der Waals surface area contributed by atoms with Gasteiger partial charge in [0.1, 0.15) is 0 Å². The monoisotopic (exact) mass is 290 g/mol. The molecule has 2 saturated carbocycles. The number of hydrogen-bond acceptors (Lipinski definition) is 3. The van der Waals surface area contributed by atoms with Crippen LogP contribution in [0.25, 0.3) is 0 Å². The van der Waals surface area contributed by atoms with E-state index in [1.165, 1.54) is 51.4 Å². The van der Waals surface area contributed by atoms with E-state index in [2.05, 4.69) is 17.9 Å². The van der Waals surface area contributed by atoms with Crippen molar-refractivity contribution >= 4 is 0 Å². The van der Waals surface area contributed by atoms with Crippen molar-refractivity contribution in [3.05, 3.63) is 0 Å². The summed E-state index contributed by atoms with van der Waals surface area (Å²) in [6.45, 7) is 4.20. The first kappa shape index (κ1) is 15.3. The van der Waals surface area contributed by atoms with Gasteiger partial charge >= 0.3 is 0 Å². The Balaban J connectivity index is 1.73. The Morgan fingerprint density at radius 1 is 1.14 bits per heavy atom. The van der Waals surface area contributed by atoms with Gasteiger partial charge in [0, 0.05) is 18.6 Å². The van der Waals surface area contributed by atoms with E-state index in [9.17, 15) is 5.26 Å². The molecule has 0 spiro atoms. The van der Waals surface area contributed by atoms with Crippen LogP contribution in [-0.2, 0) is 4.74 Å². The van der Waals surface area contributed by atoms with Crippen LogP contribution in [0.3, 0.4) is 0 Å². The Morgan fingerprint density at radius 2 is 2.00 bits per heavy atom. The van der Waals surface area contributed by atoms with Gasteiger partial charge in [0.05, 0.1) is 24.7 Å². The maximum Gasteiger partial charge on any atom is 0.0731 e. The van der Waals surface area contributed by atoms with Crippen molar-refractivity contribution in [1.29, 1.82) is 5.26 Å². The summed E-state index contributed by atoms with van der Waals surface area (Å²) >= 11 is 0. The molecular formula is C18H30N2O. The van der Waals surface area contributed by atoms with Crippen LogP contribution in [0.4, 0.5) is 0 Å². The van der Waals surface area contributed by atoms with Crippen LogP contribution in [-0.4, -0.2) is 36.2 Å². The number of hydrogen-bond donors (Lipinski definition) is 0. The first-order chi connectivity index (χ1) is 10.3. The van der Waals surface area contributed by atoms with Crippen molar-refractivity contribution in [3.8, 4) is 6.07 Å². The van der Waals surface area contributed by atoms with Gasteiger partial charge in [0.15, 0.2) is 0 Å². The molecule has 3 fully saturated rings. The number of fused-ring (bicyclic) bond motifs is 1. The normalized spacial score (nSPS) is 41.2. The predicted octanol–water partition coefficient (Wildman–Crippen LogP) is 3.74. The standard InChI is InChI=1S/C18H30N2O/c1-2-5-14-8-9-15(13-19)17(12-14)20-10-11-21-18-7-4-3-6-16(18)20/h14-18H,2-12H2,1H3. The third-order valence-corrected chi connectivity index (χ3v) is 5.99. The Kier molecular flexibility index (Phi) is 5.19. The highest BCUT2D eigenvalue weighted by molar-refractivity contribution is 5.01. The molecular weight excluding hydrogens is 260 g/mol. The molecule has 118 valence electrons. The number of ether oxygens (including phenoxy) is 1. The zero-order valence-electron chi connectivity index (χ0n) is 13.5. The van der Waals surface area contributed by atoms with E-state index in [-0.39, 0.29) is 5.92 Å². The number of morpholine rings is 1. The molecule has 0 radical (unpaired) electrons. The molecule has 0 amide bonds. The Labute approximate surface area is 129 Å². The van der Waals surface area contributed by atoms with Gasteiger partial charge in [-0.25, -0.2) is 0 Å². The molecule has 0 aromatic rings. The fourth-order valence-corrected chi connectivity index (χ4v) is 4.96. The Hall–Kier alpha value is -0.590. The van der Waals surface area contributed by atoms with Gasteiger partial charge in [-0.2, -0.15) is 5.26 Å². The second-order valence-electron chi connectivity index (χ2n) is 7.27. The van der Waals surface area contributed by atoms with E-state index < -0.39 is 0 Å². The average Bonchev–Trinajstić information content (AvgIpc) is 2.54. The van der Waals surface area contributed by atoms with Crippen LogP contribution < -0.4 is 0 Å². The maximum atomic E-state index is 9.60. The van der Waals surface area contributed by atoms with Crippen molar-refractivity contribution in [2.24, 2.45) is 11.8 Å². The van der Waals surface area contributed by atoms with Crippen molar-refractivity contribution in [1.82, 2.24) is 4.90 Å². The van der Waals surface area contributed by atoms with E-state index in [1.807, 2.05) is 0 Å². The largest absolute Gasteiger partial charge is 0.375 e. The minimum absolute atomic E-state index is 0.249. The van der Waals surface area contributed by atoms with E-state index in [0.29, 0.717) is 18.2 Å². The van der Waals surface area contributed by atoms with E-state index in [0.717, 1.165) is 25.5 Å². The molecule has 3 rings (SSSR count). The molecule has 3 heteroatoms. The third-order valence-electron chi connectivity index (χ3n) is 5.99. The van der Waals surface area contributed by atoms with E-state index >= 15 is 0 Å². The van der Waals surface area contributed by atoms with Gasteiger partial charge in [-0.15, -0.1) is 0 Å². The molecule has 0 bridgehead atoms. The van der Waals surface area contributed by atoms with Crippen LogP contribution in [0.2, 0.25) is 0 Å². The zero-order chi connectivity index (χ0) is 14.7. The number of nitriles is 1. The van der Waals surface area contributed by atoms with Crippen LogP contribution in [0.1, 0.15) is 64.7 Å². The number of rotatable bonds is 3.